The maximum Gasteiger partial charge on any atom is 0.283 e. The molecule has 0 N–H and O–H groups in total. The largest absolute Gasteiger partial charge is 0.283 e. The standard InChI is InChI=1S/C19H14N2O3S/c22-19(15-11-13-16(14-12-15)21(23)24)20-25(17-7-3-1-4-8-17)18-9-5-2-6-10-18/h1-14H. The summed E-state index contributed by atoms with van der Waals surface area (Å²) in [5.41, 5.74) is 0.275. The molecule has 0 aliphatic heterocycles. The first-order valence-electron chi connectivity index (χ1n) is 7.50. The lowest BCUT2D eigenvalue weighted by molar-refractivity contribution is -0.384. The molecule has 0 bridgehead atoms. The van der Waals surface area contributed by atoms with Gasteiger partial charge in [-0.05, 0) is 47.1 Å². The SMILES string of the molecule is O=C(N=S(c1ccccc1)c1ccccc1)c1ccc([N+](=O)[O-])cc1. The number of rotatable bonds is 4. The monoisotopic (exact) mass is 350 g/mol. The highest BCUT2D eigenvalue weighted by Gasteiger charge is 2.12. The minimum atomic E-state index is -0.754. The Labute approximate surface area is 147 Å². The quantitative estimate of drug-likeness (QED) is 0.507. The Bertz CT molecular complexity index is 882. The average Bonchev–Trinajstić information content (AvgIpc) is 2.67. The molecule has 25 heavy (non-hydrogen) atoms. The Morgan fingerprint density at radius 2 is 1.28 bits per heavy atom. The van der Waals surface area contributed by atoms with Crippen LogP contribution in [0.4, 0.5) is 5.69 Å². The van der Waals surface area contributed by atoms with Crippen molar-refractivity contribution >= 4 is 22.3 Å². The fourth-order valence-corrected chi connectivity index (χ4v) is 3.79. The highest BCUT2D eigenvalue weighted by Crippen LogP contribution is 2.20. The van der Waals surface area contributed by atoms with E-state index in [1.807, 2.05) is 60.7 Å². The molecule has 0 saturated heterocycles. The first kappa shape index (κ1) is 16.7. The van der Waals surface area contributed by atoms with Crippen LogP contribution in [0.1, 0.15) is 10.4 Å². The first-order chi connectivity index (χ1) is 12.1. The van der Waals surface area contributed by atoms with Gasteiger partial charge in [0, 0.05) is 27.5 Å². The van der Waals surface area contributed by atoms with Crippen LogP contribution in [0.15, 0.2) is 99.1 Å². The molecule has 5 nitrogen and oxygen atoms in total. The number of hydrogen-bond acceptors (Lipinski definition) is 3. The second kappa shape index (κ2) is 7.63. The molecule has 3 aromatic rings. The fourth-order valence-electron chi connectivity index (χ4n) is 2.20. The topological polar surface area (TPSA) is 72.6 Å². The molecule has 6 heteroatoms. The zero-order valence-electron chi connectivity index (χ0n) is 13.1. The van der Waals surface area contributed by atoms with Gasteiger partial charge in [0.15, 0.2) is 0 Å². The minimum absolute atomic E-state index is 0.0540. The second-order valence-corrected chi connectivity index (χ2v) is 6.81. The van der Waals surface area contributed by atoms with Crippen LogP contribution in [-0.2, 0) is 10.7 Å². The molecule has 0 saturated carbocycles. The smallest absolute Gasteiger partial charge is 0.266 e. The Hall–Kier alpha value is -3.12. The summed E-state index contributed by atoms with van der Waals surface area (Å²) in [5, 5.41) is 10.7. The van der Waals surface area contributed by atoms with Crippen molar-refractivity contribution in [3.05, 3.63) is 101 Å². The molecule has 0 aliphatic carbocycles. The van der Waals surface area contributed by atoms with Crippen LogP contribution >= 0.6 is 0 Å². The van der Waals surface area contributed by atoms with E-state index in [0.29, 0.717) is 5.56 Å². The number of nitro benzene ring substituents is 1. The fraction of sp³-hybridized carbons (Fsp3) is 0. The highest BCUT2D eigenvalue weighted by molar-refractivity contribution is 7.87. The summed E-state index contributed by atoms with van der Waals surface area (Å²) in [5.74, 6) is -0.397. The third kappa shape index (κ3) is 4.05. The number of benzene rings is 3. The van der Waals surface area contributed by atoms with E-state index in [0.717, 1.165) is 9.79 Å². The van der Waals surface area contributed by atoms with Gasteiger partial charge in [-0.2, -0.15) is 4.36 Å². The van der Waals surface area contributed by atoms with Gasteiger partial charge in [0.25, 0.3) is 11.6 Å². The summed E-state index contributed by atoms with van der Waals surface area (Å²) in [7, 11) is -0.754. The number of amides is 1. The number of carbonyl (C=O) groups is 1. The van der Waals surface area contributed by atoms with Crippen molar-refractivity contribution in [1.29, 1.82) is 0 Å². The van der Waals surface area contributed by atoms with E-state index < -0.39 is 21.5 Å². The molecule has 124 valence electrons. The molecule has 3 rings (SSSR count). The van der Waals surface area contributed by atoms with Crippen molar-refractivity contribution < 1.29 is 9.72 Å². The van der Waals surface area contributed by atoms with Crippen molar-refractivity contribution in [2.75, 3.05) is 0 Å². The van der Waals surface area contributed by atoms with Crippen molar-refractivity contribution in [3.8, 4) is 0 Å². The van der Waals surface area contributed by atoms with Crippen LogP contribution < -0.4 is 0 Å². The van der Waals surface area contributed by atoms with Crippen molar-refractivity contribution in [1.82, 2.24) is 0 Å². The Kier molecular flexibility index (Phi) is 5.11. The van der Waals surface area contributed by atoms with Crippen molar-refractivity contribution in [2.45, 2.75) is 9.79 Å². The van der Waals surface area contributed by atoms with E-state index in [4.69, 9.17) is 0 Å². The van der Waals surface area contributed by atoms with Gasteiger partial charge in [0.05, 0.1) is 4.92 Å². The van der Waals surface area contributed by atoms with Crippen molar-refractivity contribution in [3.63, 3.8) is 0 Å². The van der Waals surface area contributed by atoms with E-state index in [-0.39, 0.29) is 5.69 Å². The summed E-state index contributed by atoms with van der Waals surface area (Å²) >= 11 is 0. The summed E-state index contributed by atoms with van der Waals surface area (Å²) < 4.78 is 4.38. The Morgan fingerprint density at radius 3 is 1.72 bits per heavy atom. The lowest BCUT2D eigenvalue weighted by atomic mass is 10.2. The van der Waals surface area contributed by atoms with Gasteiger partial charge >= 0.3 is 0 Å². The normalized spacial score (nSPS) is 10.4. The van der Waals surface area contributed by atoms with Crippen LogP contribution in [0, 0.1) is 10.1 Å². The Morgan fingerprint density at radius 1 is 0.800 bits per heavy atom. The van der Waals surface area contributed by atoms with Crippen LogP contribution in [-0.4, -0.2) is 10.8 Å². The van der Waals surface area contributed by atoms with E-state index >= 15 is 0 Å². The summed E-state index contributed by atoms with van der Waals surface area (Å²) in [6.45, 7) is 0. The highest BCUT2D eigenvalue weighted by atomic mass is 32.2. The zero-order chi connectivity index (χ0) is 17.6. The number of non-ortho nitro benzene ring substituents is 1. The van der Waals surface area contributed by atoms with E-state index in [1.165, 1.54) is 24.3 Å². The van der Waals surface area contributed by atoms with E-state index in [9.17, 15) is 14.9 Å². The molecule has 0 aliphatic rings. The minimum Gasteiger partial charge on any atom is -0.266 e. The number of nitrogens with zero attached hydrogens (tertiary/aromatic N) is 2. The molecule has 1 amide bonds. The average molecular weight is 350 g/mol. The Balaban J connectivity index is 2.01. The number of hydrogen-bond donors (Lipinski definition) is 0. The van der Waals surface area contributed by atoms with Gasteiger partial charge in [-0.3, -0.25) is 14.9 Å². The van der Waals surface area contributed by atoms with Gasteiger partial charge in [0.1, 0.15) is 0 Å². The zero-order valence-corrected chi connectivity index (χ0v) is 13.9. The van der Waals surface area contributed by atoms with Gasteiger partial charge in [-0.1, -0.05) is 36.4 Å². The van der Waals surface area contributed by atoms with Gasteiger partial charge in [0.2, 0.25) is 0 Å². The molecule has 0 atom stereocenters. The summed E-state index contributed by atoms with van der Waals surface area (Å²) in [4.78, 5) is 24.7. The first-order valence-corrected chi connectivity index (χ1v) is 8.68. The molecule has 0 spiro atoms. The predicted molar refractivity (Wildman–Crippen MR) is 96.6 cm³/mol. The second-order valence-electron chi connectivity index (χ2n) is 5.11. The third-order valence-corrected chi connectivity index (χ3v) is 5.22. The van der Waals surface area contributed by atoms with Crippen LogP contribution in [0.25, 0.3) is 0 Å². The lowest BCUT2D eigenvalue weighted by Gasteiger charge is -2.08. The van der Waals surface area contributed by atoms with E-state index in [1.54, 1.807) is 0 Å². The van der Waals surface area contributed by atoms with Gasteiger partial charge in [-0.25, -0.2) is 0 Å². The van der Waals surface area contributed by atoms with Gasteiger partial charge in [-0.15, -0.1) is 0 Å². The molecule has 0 aromatic heterocycles. The molecule has 0 fully saturated rings. The van der Waals surface area contributed by atoms with Gasteiger partial charge < -0.3 is 0 Å². The third-order valence-electron chi connectivity index (χ3n) is 3.43. The predicted octanol–water partition coefficient (Wildman–Crippen LogP) is 4.66. The molecular formula is C19H14N2O3S. The van der Waals surface area contributed by atoms with E-state index in [2.05, 4.69) is 4.36 Å². The van der Waals surface area contributed by atoms with Crippen molar-refractivity contribution in [2.24, 2.45) is 4.36 Å². The maximum atomic E-state index is 12.6. The molecule has 0 radical (unpaired) electrons. The molecule has 3 aromatic carbocycles. The summed E-state index contributed by atoms with van der Waals surface area (Å²) in [6, 6.07) is 24.7. The van der Waals surface area contributed by atoms with Crippen LogP contribution in [0.2, 0.25) is 0 Å². The molecule has 0 heterocycles. The molecule has 0 unspecified atom stereocenters. The lowest BCUT2D eigenvalue weighted by Crippen LogP contribution is -2.01. The number of carbonyl (C=O) groups excluding carboxylic acids is 1. The van der Waals surface area contributed by atoms with Crippen LogP contribution in [0.3, 0.4) is 0 Å². The van der Waals surface area contributed by atoms with Crippen LogP contribution in [0.5, 0.6) is 0 Å². The molecular weight excluding hydrogens is 336 g/mol. The number of nitro groups is 1. The maximum absolute atomic E-state index is 12.6. The summed E-state index contributed by atoms with van der Waals surface area (Å²) in [6.07, 6.45) is 0.